The molecule has 0 unspecified atom stereocenters. The molecule has 19 heavy (non-hydrogen) atoms. The highest BCUT2D eigenvalue weighted by Gasteiger charge is 2.30. The van der Waals surface area contributed by atoms with Crippen LogP contribution in [-0.4, -0.2) is 24.7 Å². The lowest BCUT2D eigenvalue weighted by Crippen LogP contribution is -2.29. The molecule has 0 aromatic heterocycles. The van der Waals surface area contributed by atoms with Crippen LogP contribution in [0.4, 0.5) is 0 Å². The van der Waals surface area contributed by atoms with Gasteiger partial charge in [-0.1, -0.05) is 18.0 Å². The van der Waals surface area contributed by atoms with E-state index in [-0.39, 0.29) is 0 Å². The molecule has 100 valence electrons. The van der Waals surface area contributed by atoms with E-state index in [4.69, 9.17) is 21.0 Å². The molecule has 0 saturated heterocycles. The van der Waals surface area contributed by atoms with Crippen molar-refractivity contribution in [2.45, 2.75) is 25.9 Å². The topological polar surface area (TPSA) is 55.8 Å². The van der Waals surface area contributed by atoms with Crippen molar-refractivity contribution < 1.29 is 19.2 Å². The number of hydrogen-bond acceptors (Lipinski definition) is 4. The van der Waals surface area contributed by atoms with Crippen LogP contribution in [0.3, 0.4) is 0 Å². The van der Waals surface area contributed by atoms with Gasteiger partial charge in [0, 0.05) is 0 Å². The number of esters is 1. The summed E-state index contributed by atoms with van der Waals surface area (Å²) in [6, 6.07) is 3.23. The highest BCUT2D eigenvalue weighted by molar-refractivity contribution is 6.61. The molecule has 0 radical (unpaired) electrons. The maximum atomic E-state index is 12.0. The normalized spacial score (nSPS) is 18.1. The number of halogens is 1. The Balaban J connectivity index is 1.75. The maximum absolute atomic E-state index is 12.0. The van der Waals surface area contributed by atoms with E-state index in [9.17, 15) is 9.82 Å². The van der Waals surface area contributed by atoms with Gasteiger partial charge in [0.2, 0.25) is 0 Å². The van der Waals surface area contributed by atoms with Crippen molar-refractivity contribution in [3.8, 4) is 0 Å². The summed E-state index contributed by atoms with van der Waals surface area (Å²) in [5.41, 5.74) is 1.71. The van der Waals surface area contributed by atoms with E-state index in [1.807, 2.05) is 0 Å². The SMILES string of the molecule is O=C(OCC1CCC1)c1cc2c(cc1Cl)COB2O. The van der Waals surface area contributed by atoms with Crippen molar-refractivity contribution in [3.63, 3.8) is 0 Å². The predicted molar refractivity (Wildman–Crippen MR) is 71.5 cm³/mol. The quantitative estimate of drug-likeness (QED) is 0.674. The van der Waals surface area contributed by atoms with Gasteiger partial charge in [0.1, 0.15) is 0 Å². The van der Waals surface area contributed by atoms with Crippen LogP contribution >= 0.6 is 11.6 Å². The maximum Gasteiger partial charge on any atom is 0.491 e. The molecule has 1 heterocycles. The van der Waals surface area contributed by atoms with Crippen molar-refractivity contribution in [1.29, 1.82) is 0 Å². The first-order valence-electron chi connectivity index (χ1n) is 6.44. The van der Waals surface area contributed by atoms with Crippen molar-refractivity contribution in [3.05, 3.63) is 28.3 Å². The zero-order valence-corrected chi connectivity index (χ0v) is 11.2. The van der Waals surface area contributed by atoms with E-state index in [0.717, 1.165) is 18.4 Å². The monoisotopic (exact) mass is 280 g/mol. The number of ether oxygens (including phenoxy) is 1. The number of carbonyl (C=O) groups excluding carboxylic acids is 1. The molecule has 1 N–H and O–H groups in total. The van der Waals surface area contributed by atoms with Crippen molar-refractivity contribution in [2.75, 3.05) is 6.61 Å². The van der Waals surface area contributed by atoms with E-state index in [1.54, 1.807) is 12.1 Å². The fraction of sp³-hybridized carbons (Fsp3) is 0.462. The Morgan fingerprint density at radius 3 is 3.00 bits per heavy atom. The molecule has 1 aliphatic carbocycles. The van der Waals surface area contributed by atoms with Gasteiger partial charge in [-0.15, -0.1) is 0 Å². The Morgan fingerprint density at radius 2 is 2.32 bits per heavy atom. The molecule has 1 saturated carbocycles. The Bertz CT molecular complexity index is 516. The van der Waals surface area contributed by atoms with Crippen molar-refractivity contribution in [2.24, 2.45) is 5.92 Å². The molecular weight excluding hydrogens is 266 g/mol. The predicted octanol–water partition coefficient (Wildman–Crippen LogP) is 1.51. The molecule has 1 aromatic carbocycles. The summed E-state index contributed by atoms with van der Waals surface area (Å²) in [4.78, 5) is 12.0. The first-order valence-corrected chi connectivity index (χ1v) is 6.82. The minimum atomic E-state index is -0.981. The fourth-order valence-corrected chi connectivity index (χ4v) is 2.60. The number of rotatable bonds is 3. The van der Waals surface area contributed by atoms with Crippen LogP contribution in [0, 0.1) is 5.92 Å². The minimum absolute atomic E-state index is 0.296. The van der Waals surface area contributed by atoms with Crippen molar-refractivity contribution in [1.82, 2.24) is 0 Å². The smallest absolute Gasteiger partial charge is 0.462 e. The summed E-state index contributed by atoms with van der Waals surface area (Å²) in [5, 5.41) is 9.97. The fourth-order valence-electron chi connectivity index (χ4n) is 2.33. The summed E-state index contributed by atoms with van der Waals surface area (Å²) in [7, 11) is -0.981. The second-order valence-corrected chi connectivity index (χ2v) is 5.50. The average Bonchev–Trinajstić information content (AvgIpc) is 2.67. The highest BCUT2D eigenvalue weighted by atomic mass is 35.5. The van der Waals surface area contributed by atoms with Gasteiger partial charge in [-0.05, 0) is 41.9 Å². The first kappa shape index (κ1) is 13.0. The van der Waals surface area contributed by atoms with E-state index in [0.29, 0.717) is 35.2 Å². The molecule has 1 fully saturated rings. The van der Waals surface area contributed by atoms with Crippen LogP contribution in [0.15, 0.2) is 12.1 Å². The number of carbonyl (C=O) groups is 1. The van der Waals surface area contributed by atoms with E-state index in [1.165, 1.54) is 6.42 Å². The van der Waals surface area contributed by atoms with Crippen molar-refractivity contribution >= 4 is 30.2 Å². The Kier molecular flexibility index (Phi) is 3.52. The van der Waals surface area contributed by atoms with Gasteiger partial charge >= 0.3 is 13.1 Å². The van der Waals surface area contributed by atoms with Crippen LogP contribution in [-0.2, 0) is 16.0 Å². The molecule has 0 atom stereocenters. The summed E-state index contributed by atoms with van der Waals surface area (Å²) in [6.45, 7) is 0.763. The lowest BCUT2D eigenvalue weighted by atomic mass is 9.79. The highest BCUT2D eigenvalue weighted by Crippen LogP contribution is 2.27. The second-order valence-electron chi connectivity index (χ2n) is 5.09. The zero-order valence-electron chi connectivity index (χ0n) is 10.4. The lowest BCUT2D eigenvalue weighted by Gasteiger charge is -2.24. The molecule has 0 bridgehead atoms. The Hall–Kier alpha value is -1.04. The standard InChI is InChI=1S/C13H14BClO4/c15-12-4-9-7-19-14(17)11(9)5-10(12)13(16)18-6-8-2-1-3-8/h4-5,8,17H,1-3,6-7H2. The summed E-state index contributed by atoms with van der Waals surface area (Å²) >= 11 is 6.08. The molecule has 0 amide bonds. The Labute approximate surface area is 116 Å². The summed E-state index contributed by atoms with van der Waals surface area (Å²) < 4.78 is 10.3. The molecule has 1 aromatic rings. The molecular formula is C13H14BClO4. The van der Waals surface area contributed by atoms with Crippen LogP contribution in [0.25, 0.3) is 0 Å². The lowest BCUT2D eigenvalue weighted by molar-refractivity contribution is 0.0372. The average molecular weight is 281 g/mol. The van der Waals surface area contributed by atoms with Gasteiger partial charge in [-0.25, -0.2) is 4.79 Å². The largest absolute Gasteiger partial charge is 0.491 e. The molecule has 3 rings (SSSR count). The van der Waals surface area contributed by atoms with Crippen LogP contribution < -0.4 is 5.46 Å². The third kappa shape index (κ3) is 2.50. The molecule has 1 aliphatic heterocycles. The number of benzene rings is 1. The minimum Gasteiger partial charge on any atom is -0.462 e. The molecule has 0 spiro atoms. The van der Waals surface area contributed by atoms with Crippen LogP contribution in [0.5, 0.6) is 0 Å². The second kappa shape index (κ2) is 5.15. The Morgan fingerprint density at radius 1 is 1.53 bits per heavy atom. The summed E-state index contributed by atoms with van der Waals surface area (Å²) in [6.07, 6.45) is 3.46. The molecule has 6 heteroatoms. The van der Waals surface area contributed by atoms with Crippen LogP contribution in [0.1, 0.15) is 35.2 Å². The first-order chi connectivity index (χ1) is 9.15. The summed E-state index contributed by atoms with van der Waals surface area (Å²) in [5.74, 6) is 0.0601. The van der Waals surface area contributed by atoms with Gasteiger partial charge in [0.05, 0.1) is 23.8 Å². The third-order valence-electron chi connectivity index (χ3n) is 3.79. The van der Waals surface area contributed by atoms with E-state index < -0.39 is 13.1 Å². The van der Waals surface area contributed by atoms with Gasteiger partial charge in [0.15, 0.2) is 0 Å². The zero-order chi connectivity index (χ0) is 13.4. The van der Waals surface area contributed by atoms with Gasteiger partial charge in [0.25, 0.3) is 0 Å². The van der Waals surface area contributed by atoms with Crippen LogP contribution in [0.2, 0.25) is 5.02 Å². The van der Waals surface area contributed by atoms with E-state index in [2.05, 4.69) is 0 Å². The molecule has 4 nitrogen and oxygen atoms in total. The van der Waals surface area contributed by atoms with Gasteiger partial charge in [-0.2, -0.15) is 0 Å². The van der Waals surface area contributed by atoms with Gasteiger partial charge < -0.3 is 14.4 Å². The molecule has 2 aliphatic rings. The van der Waals surface area contributed by atoms with Gasteiger partial charge in [-0.3, -0.25) is 0 Å². The number of fused-ring (bicyclic) bond motifs is 1. The number of hydrogen-bond donors (Lipinski definition) is 1. The third-order valence-corrected chi connectivity index (χ3v) is 4.10. The van der Waals surface area contributed by atoms with E-state index >= 15 is 0 Å².